The maximum absolute atomic E-state index is 6.46. The van der Waals surface area contributed by atoms with E-state index in [9.17, 15) is 0 Å². The van der Waals surface area contributed by atoms with Crippen LogP contribution in [0, 0.1) is 0 Å². The lowest BCUT2D eigenvalue weighted by Crippen LogP contribution is -1.96. The Morgan fingerprint density at radius 2 is 0.871 bits per heavy atom. The van der Waals surface area contributed by atoms with Crippen LogP contribution in [-0.2, 0) is 0 Å². The van der Waals surface area contributed by atoms with Crippen molar-refractivity contribution in [3.8, 4) is 33.8 Å². The van der Waals surface area contributed by atoms with E-state index in [2.05, 4.69) is 63.7 Å². The van der Waals surface area contributed by atoms with E-state index in [-0.39, 0.29) is 0 Å². The Morgan fingerprint density at radius 1 is 0.484 bits per heavy atom. The van der Waals surface area contributed by atoms with E-state index >= 15 is 0 Å². The lowest BCUT2D eigenvalue weighted by molar-refractivity contribution is 0.487. The second-order valence-electron chi connectivity index (χ2n) is 6.86. The monoisotopic (exact) mass is 664 g/mol. The summed E-state index contributed by atoms with van der Waals surface area (Å²) in [5, 5.41) is 0. The second-order valence-corrected chi connectivity index (χ2v) is 10.4. The van der Waals surface area contributed by atoms with E-state index in [0.717, 1.165) is 40.1 Å². The Morgan fingerprint density at radius 3 is 1.26 bits per heavy atom. The molecule has 0 amide bonds. The Kier molecular flexibility index (Phi) is 6.77. The first-order chi connectivity index (χ1) is 14.8. The Bertz CT molecular complexity index is 1190. The minimum absolute atomic E-state index is 0.613. The van der Waals surface area contributed by atoms with Gasteiger partial charge in [0.2, 0.25) is 0 Å². The average molecular weight is 668 g/mol. The summed E-state index contributed by atoms with van der Waals surface area (Å²) in [7, 11) is 0. The number of halogens is 4. The van der Waals surface area contributed by atoms with Gasteiger partial charge in [-0.2, -0.15) is 0 Å². The third-order valence-electron chi connectivity index (χ3n) is 4.67. The van der Waals surface area contributed by atoms with Crippen molar-refractivity contribution < 1.29 is 4.74 Å². The highest BCUT2D eigenvalue weighted by Gasteiger charge is 2.16. The molecule has 3 nitrogen and oxygen atoms in total. The number of anilines is 2. The van der Waals surface area contributed by atoms with Gasteiger partial charge in [-0.05, 0) is 59.7 Å². The predicted octanol–water partition coefficient (Wildman–Crippen LogP) is 9.03. The fourth-order valence-electron chi connectivity index (χ4n) is 3.23. The van der Waals surface area contributed by atoms with Crippen molar-refractivity contribution in [2.45, 2.75) is 0 Å². The molecular formula is C24H16Br4N2O. The van der Waals surface area contributed by atoms with Gasteiger partial charge in [0.05, 0.1) is 0 Å². The van der Waals surface area contributed by atoms with Gasteiger partial charge in [0, 0.05) is 52.5 Å². The van der Waals surface area contributed by atoms with Gasteiger partial charge in [-0.3, -0.25) is 0 Å². The van der Waals surface area contributed by atoms with E-state index in [1.165, 1.54) is 0 Å². The van der Waals surface area contributed by atoms with E-state index in [0.29, 0.717) is 22.9 Å². The molecule has 0 atom stereocenters. The third kappa shape index (κ3) is 5.00. The molecule has 156 valence electrons. The lowest BCUT2D eigenvalue weighted by Gasteiger charge is -2.17. The number of hydrogen-bond donors (Lipinski definition) is 2. The number of nitrogens with two attached hydrogens (primary N) is 2. The van der Waals surface area contributed by atoms with Crippen LogP contribution in [0.25, 0.3) is 22.3 Å². The molecule has 7 heteroatoms. The summed E-state index contributed by atoms with van der Waals surface area (Å²) in [6, 6.07) is 23.3. The first-order valence-corrected chi connectivity index (χ1v) is 12.4. The highest BCUT2D eigenvalue weighted by atomic mass is 79.9. The molecular weight excluding hydrogens is 652 g/mol. The van der Waals surface area contributed by atoms with Crippen LogP contribution in [-0.4, -0.2) is 0 Å². The van der Waals surface area contributed by atoms with Crippen molar-refractivity contribution in [2.24, 2.45) is 0 Å². The molecule has 0 spiro atoms. The largest absolute Gasteiger partial charge is 0.456 e. The summed E-state index contributed by atoms with van der Waals surface area (Å²) in [6.45, 7) is 0. The van der Waals surface area contributed by atoms with Crippen molar-refractivity contribution in [3.05, 3.63) is 90.7 Å². The van der Waals surface area contributed by atoms with Gasteiger partial charge in [0.25, 0.3) is 0 Å². The fraction of sp³-hybridized carbons (Fsp3) is 0. The van der Waals surface area contributed by atoms with Crippen LogP contribution < -0.4 is 16.2 Å². The molecule has 4 aromatic rings. The van der Waals surface area contributed by atoms with E-state index in [1.54, 1.807) is 0 Å². The zero-order valence-electron chi connectivity index (χ0n) is 16.0. The minimum atomic E-state index is 0.613. The Balaban J connectivity index is 1.85. The number of ether oxygens (including phenoxy) is 1. The molecule has 0 heterocycles. The summed E-state index contributed by atoms with van der Waals surface area (Å²) >= 11 is 14.3. The summed E-state index contributed by atoms with van der Waals surface area (Å²) in [4.78, 5) is 0. The van der Waals surface area contributed by atoms with Crippen LogP contribution in [0.3, 0.4) is 0 Å². The van der Waals surface area contributed by atoms with Gasteiger partial charge in [0.1, 0.15) is 11.5 Å². The standard InChI is InChI=1S/C24H16Br4N2O/c25-13-1-5-17(21(27)9-13)19-7-3-15(29)11-23(19)31-24-12-16(30)4-8-20(24)18-6-2-14(26)10-22(18)28/h1-12H,29-30H2. The maximum atomic E-state index is 6.46. The van der Waals surface area contributed by atoms with Gasteiger partial charge < -0.3 is 16.2 Å². The molecule has 4 aromatic carbocycles. The minimum Gasteiger partial charge on any atom is -0.456 e. The molecule has 0 aliphatic rings. The Labute approximate surface area is 214 Å². The molecule has 0 aliphatic heterocycles. The van der Waals surface area contributed by atoms with Gasteiger partial charge >= 0.3 is 0 Å². The lowest BCUT2D eigenvalue weighted by atomic mass is 10.0. The zero-order valence-corrected chi connectivity index (χ0v) is 22.3. The number of benzene rings is 4. The van der Waals surface area contributed by atoms with E-state index in [1.807, 2.05) is 72.8 Å². The van der Waals surface area contributed by atoms with Crippen molar-refractivity contribution in [3.63, 3.8) is 0 Å². The second kappa shape index (κ2) is 9.36. The van der Waals surface area contributed by atoms with Crippen LogP contribution >= 0.6 is 63.7 Å². The third-order valence-corrected chi connectivity index (χ3v) is 6.97. The summed E-state index contributed by atoms with van der Waals surface area (Å²) < 4.78 is 10.3. The quantitative estimate of drug-likeness (QED) is 0.214. The zero-order chi connectivity index (χ0) is 22.1. The predicted molar refractivity (Wildman–Crippen MR) is 143 cm³/mol. The van der Waals surface area contributed by atoms with Crippen LogP contribution in [0.5, 0.6) is 11.5 Å². The highest BCUT2D eigenvalue weighted by molar-refractivity contribution is 9.11. The molecule has 0 unspecified atom stereocenters. The average Bonchev–Trinajstić information content (AvgIpc) is 2.70. The number of hydrogen-bond acceptors (Lipinski definition) is 3. The van der Waals surface area contributed by atoms with E-state index < -0.39 is 0 Å². The molecule has 0 aromatic heterocycles. The Hall–Kier alpha value is -1.80. The summed E-state index contributed by atoms with van der Waals surface area (Å²) in [6.07, 6.45) is 0. The van der Waals surface area contributed by atoms with Crippen molar-refractivity contribution >= 4 is 75.1 Å². The molecule has 0 saturated heterocycles. The molecule has 0 aliphatic carbocycles. The van der Waals surface area contributed by atoms with E-state index in [4.69, 9.17) is 16.2 Å². The number of nitrogen functional groups attached to an aromatic ring is 2. The van der Waals surface area contributed by atoms with Gasteiger partial charge in [-0.25, -0.2) is 0 Å². The first kappa shape index (κ1) is 22.4. The topological polar surface area (TPSA) is 61.3 Å². The van der Waals surface area contributed by atoms with Crippen molar-refractivity contribution in [1.82, 2.24) is 0 Å². The van der Waals surface area contributed by atoms with Crippen LogP contribution in [0.4, 0.5) is 11.4 Å². The van der Waals surface area contributed by atoms with Crippen LogP contribution in [0.1, 0.15) is 0 Å². The molecule has 4 N–H and O–H groups in total. The SMILES string of the molecule is Nc1ccc(-c2ccc(Br)cc2Br)c(Oc2cc(N)ccc2-c2ccc(Br)cc2Br)c1. The molecule has 0 radical (unpaired) electrons. The normalized spacial score (nSPS) is 10.8. The van der Waals surface area contributed by atoms with Crippen molar-refractivity contribution in [1.29, 1.82) is 0 Å². The number of rotatable bonds is 4. The van der Waals surface area contributed by atoms with Crippen molar-refractivity contribution in [2.75, 3.05) is 11.5 Å². The van der Waals surface area contributed by atoms with Crippen LogP contribution in [0.15, 0.2) is 90.7 Å². The first-order valence-electron chi connectivity index (χ1n) is 9.19. The molecule has 0 saturated carbocycles. The molecule has 4 rings (SSSR count). The highest BCUT2D eigenvalue weighted by Crippen LogP contribution is 2.43. The molecule has 0 fully saturated rings. The fourth-order valence-corrected chi connectivity index (χ4v) is 5.75. The summed E-state index contributed by atoms with van der Waals surface area (Å²) in [5.41, 5.74) is 17.3. The van der Waals surface area contributed by atoms with Crippen LogP contribution in [0.2, 0.25) is 0 Å². The maximum Gasteiger partial charge on any atom is 0.137 e. The smallest absolute Gasteiger partial charge is 0.137 e. The van der Waals surface area contributed by atoms with Gasteiger partial charge in [0.15, 0.2) is 0 Å². The van der Waals surface area contributed by atoms with Gasteiger partial charge in [-0.15, -0.1) is 0 Å². The molecule has 31 heavy (non-hydrogen) atoms. The van der Waals surface area contributed by atoms with Gasteiger partial charge in [-0.1, -0.05) is 75.9 Å². The molecule has 0 bridgehead atoms. The summed E-state index contributed by atoms with van der Waals surface area (Å²) in [5.74, 6) is 1.28.